The molecule has 0 aliphatic rings. The molecule has 1 radical (unpaired) electrons. The maximum absolute atomic E-state index is 6.00. The molecule has 0 bridgehead atoms. The summed E-state index contributed by atoms with van der Waals surface area (Å²) in [7, 11) is -3.91. The first-order valence-electron chi connectivity index (χ1n) is 6.06. The standard InChI is InChI=1S/C9H27O6Si4/c1-10-19(11-2,12-3)15-18(8,9)14-16(4)13-17(5,6)7/h1-9H3. The zero-order valence-electron chi connectivity index (χ0n) is 13.4. The van der Waals surface area contributed by atoms with Gasteiger partial charge in [0.1, 0.15) is 0 Å². The predicted molar refractivity (Wildman–Crippen MR) is 82.5 cm³/mol. The van der Waals surface area contributed by atoms with E-state index in [1.54, 1.807) is 0 Å². The van der Waals surface area contributed by atoms with Crippen LogP contribution >= 0.6 is 0 Å². The van der Waals surface area contributed by atoms with Gasteiger partial charge in [0, 0.05) is 21.3 Å². The fourth-order valence-corrected chi connectivity index (χ4v) is 12.7. The van der Waals surface area contributed by atoms with Gasteiger partial charge < -0.3 is 25.6 Å². The van der Waals surface area contributed by atoms with Crippen LogP contribution in [0.2, 0.25) is 39.3 Å². The second-order valence-corrected chi connectivity index (χ2v) is 18.1. The Morgan fingerprint density at radius 3 is 1.47 bits per heavy atom. The molecule has 0 unspecified atom stereocenters. The van der Waals surface area contributed by atoms with E-state index in [2.05, 4.69) is 19.6 Å². The molecule has 10 heteroatoms. The van der Waals surface area contributed by atoms with Crippen LogP contribution in [0.3, 0.4) is 0 Å². The highest BCUT2D eigenvalue weighted by Gasteiger charge is 2.49. The third kappa shape index (κ3) is 7.84. The van der Waals surface area contributed by atoms with Crippen LogP contribution in [-0.4, -0.2) is 56.5 Å². The maximum atomic E-state index is 6.00. The smallest absolute Gasteiger partial charge is 0.436 e. The largest absolute Gasteiger partial charge is 0.669 e. The molecule has 0 aliphatic heterocycles. The Morgan fingerprint density at radius 1 is 0.737 bits per heavy atom. The van der Waals surface area contributed by atoms with Gasteiger partial charge in [-0.1, -0.05) is 0 Å². The van der Waals surface area contributed by atoms with Gasteiger partial charge in [0.25, 0.3) is 0 Å². The molecule has 0 aromatic heterocycles. The van der Waals surface area contributed by atoms with Gasteiger partial charge in [-0.2, -0.15) is 0 Å². The van der Waals surface area contributed by atoms with Crippen LogP contribution in [0, 0.1) is 0 Å². The summed E-state index contributed by atoms with van der Waals surface area (Å²) in [5.74, 6) is 0. The second kappa shape index (κ2) is 7.58. The number of hydrogen-bond donors (Lipinski definition) is 0. The van der Waals surface area contributed by atoms with Crippen LogP contribution in [0.25, 0.3) is 0 Å². The molecule has 0 saturated carbocycles. The van der Waals surface area contributed by atoms with E-state index in [1.165, 1.54) is 21.3 Å². The first-order valence-corrected chi connectivity index (χ1v) is 15.7. The summed E-state index contributed by atoms with van der Waals surface area (Å²) in [5.41, 5.74) is 0. The van der Waals surface area contributed by atoms with Crippen molar-refractivity contribution >= 4 is 35.2 Å². The molecule has 0 rings (SSSR count). The van der Waals surface area contributed by atoms with Gasteiger partial charge in [0.05, 0.1) is 0 Å². The third-order valence-corrected chi connectivity index (χ3v) is 13.1. The van der Waals surface area contributed by atoms with E-state index >= 15 is 0 Å². The Morgan fingerprint density at radius 2 is 1.16 bits per heavy atom. The number of rotatable bonds is 9. The molecule has 0 amide bonds. The minimum atomic E-state index is -3.07. The van der Waals surface area contributed by atoms with Gasteiger partial charge in [-0.3, -0.25) is 0 Å². The minimum absolute atomic E-state index is 1.35. The highest BCUT2D eigenvalue weighted by atomic mass is 28.5. The normalized spacial score (nSPS) is 14.2. The molecule has 0 fully saturated rings. The zero-order valence-corrected chi connectivity index (χ0v) is 17.4. The van der Waals surface area contributed by atoms with Gasteiger partial charge in [0.2, 0.25) is 0 Å². The SMILES string of the molecule is CO[Si](OC)(OC)O[Si](C)(C)O[Si](C)O[Si](C)(C)C. The molecule has 0 aromatic rings. The first kappa shape index (κ1) is 19.6. The average molecular weight is 344 g/mol. The van der Waals surface area contributed by atoms with Crippen LogP contribution in [0.5, 0.6) is 0 Å². The van der Waals surface area contributed by atoms with Gasteiger partial charge in [-0.25, -0.2) is 0 Å². The highest BCUT2D eigenvalue weighted by Crippen LogP contribution is 2.19. The lowest BCUT2D eigenvalue weighted by Crippen LogP contribution is -2.57. The summed E-state index contributed by atoms with van der Waals surface area (Å²) < 4.78 is 33.6. The van der Waals surface area contributed by atoms with Crippen molar-refractivity contribution in [2.75, 3.05) is 21.3 Å². The Labute approximate surface area is 122 Å². The molecule has 0 N–H and O–H groups in total. The van der Waals surface area contributed by atoms with Crippen LogP contribution in [0.1, 0.15) is 0 Å². The second-order valence-electron chi connectivity index (χ2n) is 5.42. The van der Waals surface area contributed by atoms with E-state index in [4.69, 9.17) is 25.6 Å². The molecular formula is C9H27O6Si4. The quantitative estimate of drug-likeness (QED) is 0.597. The fraction of sp³-hybridized carbons (Fsp3) is 1.00. The van der Waals surface area contributed by atoms with Crippen molar-refractivity contribution in [2.24, 2.45) is 0 Å². The summed E-state index contributed by atoms with van der Waals surface area (Å²) in [6, 6.07) is 0. The van der Waals surface area contributed by atoms with E-state index < -0.39 is 35.2 Å². The van der Waals surface area contributed by atoms with Crippen LogP contribution in [0.4, 0.5) is 0 Å². The monoisotopic (exact) mass is 343 g/mol. The molecule has 0 aromatic carbocycles. The lowest BCUT2D eigenvalue weighted by Gasteiger charge is -2.34. The van der Waals surface area contributed by atoms with Crippen molar-refractivity contribution in [1.29, 1.82) is 0 Å². The summed E-state index contributed by atoms with van der Waals surface area (Å²) in [6.45, 7) is 12.3. The van der Waals surface area contributed by atoms with E-state index in [9.17, 15) is 0 Å². The number of hydrogen-bond acceptors (Lipinski definition) is 6. The molecule has 0 spiro atoms. The van der Waals surface area contributed by atoms with Crippen molar-refractivity contribution in [3.63, 3.8) is 0 Å². The fourth-order valence-electron chi connectivity index (χ4n) is 1.50. The summed E-state index contributed by atoms with van der Waals surface area (Å²) in [5, 5.41) is 0. The Kier molecular flexibility index (Phi) is 7.83. The maximum Gasteiger partial charge on any atom is 0.669 e. The average Bonchev–Trinajstić information content (AvgIpc) is 2.22. The van der Waals surface area contributed by atoms with Gasteiger partial charge in [-0.05, 0) is 39.3 Å². The van der Waals surface area contributed by atoms with Crippen molar-refractivity contribution in [3.05, 3.63) is 0 Å². The van der Waals surface area contributed by atoms with E-state index in [0.29, 0.717) is 0 Å². The first-order chi connectivity index (χ1) is 8.49. The minimum Gasteiger partial charge on any atom is -0.436 e. The summed E-state index contributed by atoms with van der Waals surface area (Å²) >= 11 is 0. The Balaban J connectivity index is 4.62. The van der Waals surface area contributed by atoms with E-state index in [0.717, 1.165) is 0 Å². The van der Waals surface area contributed by atoms with Crippen LogP contribution in [-0.2, 0) is 25.6 Å². The van der Waals surface area contributed by atoms with Crippen molar-refractivity contribution in [2.45, 2.75) is 39.3 Å². The van der Waals surface area contributed by atoms with Crippen molar-refractivity contribution in [1.82, 2.24) is 0 Å². The Bertz CT molecular complexity index is 258. The molecular weight excluding hydrogens is 316 g/mol. The van der Waals surface area contributed by atoms with Crippen LogP contribution in [0.15, 0.2) is 0 Å². The van der Waals surface area contributed by atoms with Crippen LogP contribution < -0.4 is 0 Å². The van der Waals surface area contributed by atoms with Crippen molar-refractivity contribution in [3.8, 4) is 0 Å². The molecule has 19 heavy (non-hydrogen) atoms. The molecule has 0 heterocycles. The third-order valence-electron chi connectivity index (χ3n) is 1.96. The van der Waals surface area contributed by atoms with Gasteiger partial charge in [-0.15, -0.1) is 0 Å². The van der Waals surface area contributed by atoms with E-state index in [-0.39, 0.29) is 0 Å². The highest BCUT2D eigenvalue weighted by molar-refractivity contribution is 6.81. The Hall–Kier alpha value is 0.628. The topological polar surface area (TPSA) is 55.4 Å². The van der Waals surface area contributed by atoms with E-state index in [1.807, 2.05) is 19.6 Å². The molecule has 0 atom stereocenters. The lowest BCUT2D eigenvalue weighted by atomic mass is 11.8. The predicted octanol–water partition coefficient (Wildman–Crippen LogP) is 2.07. The van der Waals surface area contributed by atoms with Crippen molar-refractivity contribution < 1.29 is 25.6 Å². The summed E-state index contributed by atoms with van der Waals surface area (Å²) in [4.78, 5) is 0. The summed E-state index contributed by atoms with van der Waals surface area (Å²) in [6.07, 6.45) is 0. The molecule has 6 nitrogen and oxygen atoms in total. The lowest BCUT2D eigenvalue weighted by molar-refractivity contribution is 0.0409. The molecule has 115 valence electrons. The van der Waals surface area contributed by atoms with Gasteiger partial charge >= 0.3 is 26.9 Å². The molecule has 0 saturated heterocycles. The zero-order chi connectivity index (χ0) is 15.3. The van der Waals surface area contributed by atoms with Gasteiger partial charge in [0.15, 0.2) is 8.32 Å². The molecule has 0 aliphatic carbocycles.